The van der Waals surface area contributed by atoms with Gasteiger partial charge in [0, 0.05) is 12.2 Å². The van der Waals surface area contributed by atoms with Crippen molar-refractivity contribution in [1.29, 1.82) is 0 Å². The molecule has 0 aliphatic carbocycles. The minimum Gasteiger partial charge on any atom is -0.332 e. The Hall–Kier alpha value is -1.84. The highest BCUT2D eigenvalue weighted by molar-refractivity contribution is 6.04. The topological polar surface area (TPSA) is 40.6 Å². The van der Waals surface area contributed by atoms with Crippen LogP contribution in [0.15, 0.2) is 24.3 Å². The van der Waals surface area contributed by atoms with E-state index < -0.39 is 0 Å². The van der Waals surface area contributed by atoms with Crippen molar-refractivity contribution < 1.29 is 9.59 Å². The highest BCUT2D eigenvalue weighted by Crippen LogP contribution is 2.18. The zero-order chi connectivity index (χ0) is 13.1. The van der Waals surface area contributed by atoms with E-state index in [0.29, 0.717) is 6.54 Å². The fraction of sp³-hybridized carbons (Fsp3) is 0.429. The number of hydrogen-bond acceptors (Lipinski definition) is 2. The highest BCUT2D eigenvalue weighted by Gasteiger charge is 2.29. The molecule has 0 aromatic heterocycles. The van der Waals surface area contributed by atoms with Gasteiger partial charge < -0.3 is 9.80 Å². The van der Waals surface area contributed by atoms with Gasteiger partial charge in [-0.3, -0.25) is 9.59 Å². The number of anilines is 1. The third-order valence-corrected chi connectivity index (χ3v) is 3.31. The van der Waals surface area contributed by atoms with Crippen LogP contribution in [0.2, 0.25) is 0 Å². The first-order chi connectivity index (χ1) is 8.65. The van der Waals surface area contributed by atoms with E-state index in [9.17, 15) is 9.59 Å². The first-order valence-electron chi connectivity index (χ1n) is 6.32. The van der Waals surface area contributed by atoms with Gasteiger partial charge in [0.2, 0.25) is 11.8 Å². The molecule has 0 spiro atoms. The minimum absolute atomic E-state index is 0.0108. The van der Waals surface area contributed by atoms with Crippen molar-refractivity contribution in [2.75, 3.05) is 24.5 Å². The van der Waals surface area contributed by atoms with Crippen LogP contribution in [-0.4, -0.2) is 36.3 Å². The van der Waals surface area contributed by atoms with Crippen molar-refractivity contribution in [3.05, 3.63) is 29.8 Å². The average molecular weight is 246 g/mol. The summed E-state index contributed by atoms with van der Waals surface area (Å²) in [5.41, 5.74) is 2.03. The van der Waals surface area contributed by atoms with Crippen LogP contribution in [0, 0.1) is 0 Å². The summed E-state index contributed by atoms with van der Waals surface area (Å²) < 4.78 is 0. The lowest BCUT2D eigenvalue weighted by atomic mass is 10.1. The Morgan fingerprint density at radius 3 is 2.22 bits per heavy atom. The SMILES string of the molecule is CCc1ccc(N2CC(=O)N(CC)CC2=O)cc1. The fourth-order valence-electron chi connectivity index (χ4n) is 2.10. The molecule has 2 rings (SSSR count). The number of benzene rings is 1. The third-order valence-electron chi connectivity index (χ3n) is 3.31. The second-order valence-electron chi connectivity index (χ2n) is 4.41. The van der Waals surface area contributed by atoms with E-state index in [2.05, 4.69) is 6.92 Å². The molecule has 1 aliphatic heterocycles. The lowest BCUT2D eigenvalue weighted by Crippen LogP contribution is -2.53. The number of piperazine rings is 1. The van der Waals surface area contributed by atoms with Gasteiger partial charge in [0.15, 0.2) is 0 Å². The number of carbonyl (C=O) groups is 2. The Morgan fingerprint density at radius 2 is 1.67 bits per heavy atom. The number of likely N-dealkylation sites (N-methyl/N-ethyl adjacent to an activating group) is 1. The lowest BCUT2D eigenvalue weighted by Gasteiger charge is -2.33. The summed E-state index contributed by atoms with van der Waals surface area (Å²) in [4.78, 5) is 27.0. The van der Waals surface area contributed by atoms with E-state index in [4.69, 9.17) is 0 Å². The Balaban J connectivity index is 2.17. The van der Waals surface area contributed by atoms with Crippen molar-refractivity contribution in [2.24, 2.45) is 0 Å². The molecule has 0 atom stereocenters. The summed E-state index contributed by atoms with van der Waals surface area (Å²) in [6.07, 6.45) is 0.969. The van der Waals surface area contributed by atoms with Crippen LogP contribution in [0.5, 0.6) is 0 Å². The van der Waals surface area contributed by atoms with Gasteiger partial charge in [-0.1, -0.05) is 19.1 Å². The quantitative estimate of drug-likeness (QED) is 0.809. The lowest BCUT2D eigenvalue weighted by molar-refractivity contribution is -0.138. The molecule has 0 saturated carbocycles. The molecule has 1 aliphatic rings. The molecule has 1 heterocycles. The van der Waals surface area contributed by atoms with Gasteiger partial charge >= 0.3 is 0 Å². The van der Waals surface area contributed by atoms with E-state index >= 15 is 0 Å². The predicted molar refractivity (Wildman–Crippen MR) is 70.4 cm³/mol. The number of amides is 2. The van der Waals surface area contributed by atoms with E-state index in [-0.39, 0.29) is 24.9 Å². The van der Waals surface area contributed by atoms with Crippen LogP contribution in [0.25, 0.3) is 0 Å². The largest absolute Gasteiger partial charge is 0.332 e. The van der Waals surface area contributed by atoms with Crippen LogP contribution in [0.4, 0.5) is 5.69 Å². The number of rotatable bonds is 3. The van der Waals surface area contributed by atoms with Crippen LogP contribution in [0.1, 0.15) is 19.4 Å². The summed E-state index contributed by atoms with van der Waals surface area (Å²) in [7, 11) is 0. The normalized spacial score (nSPS) is 16.3. The van der Waals surface area contributed by atoms with Crippen molar-refractivity contribution >= 4 is 17.5 Å². The van der Waals surface area contributed by atoms with E-state index in [1.807, 2.05) is 31.2 Å². The second kappa shape index (κ2) is 5.21. The molecule has 96 valence electrons. The van der Waals surface area contributed by atoms with Crippen molar-refractivity contribution in [1.82, 2.24) is 4.90 Å². The maximum Gasteiger partial charge on any atom is 0.247 e. The molecule has 0 bridgehead atoms. The van der Waals surface area contributed by atoms with Gasteiger partial charge in [-0.15, -0.1) is 0 Å². The third kappa shape index (κ3) is 2.37. The molecule has 0 unspecified atom stereocenters. The first-order valence-corrected chi connectivity index (χ1v) is 6.32. The summed E-state index contributed by atoms with van der Waals surface area (Å²) in [6, 6.07) is 7.82. The maximum absolute atomic E-state index is 12.0. The minimum atomic E-state index is -0.0132. The van der Waals surface area contributed by atoms with Gasteiger partial charge in [0.25, 0.3) is 0 Å². The molecule has 4 heteroatoms. The monoisotopic (exact) mass is 246 g/mol. The zero-order valence-electron chi connectivity index (χ0n) is 10.8. The molecular formula is C14H18N2O2. The van der Waals surface area contributed by atoms with Gasteiger partial charge in [0.05, 0.1) is 0 Å². The summed E-state index contributed by atoms with van der Waals surface area (Å²) in [6.45, 7) is 4.90. The molecule has 0 radical (unpaired) electrons. The summed E-state index contributed by atoms with van der Waals surface area (Å²) in [5, 5.41) is 0. The molecule has 1 saturated heterocycles. The number of carbonyl (C=O) groups excluding carboxylic acids is 2. The molecule has 0 N–H and O–H groups in total. The first kappa shape index (κ1) is 12.6. The average Bonchev–Trinajstić information content (AvgIpc) is 2.41. The van der Waals surface area contributed by atoms with Gasteiger partial charge in [-0.2, -0.15) is 0 Å². The van der Waals surface area contributed by atoms with E-state index in [1.54, 1.807) is 9.80 Å². The molecule has 1 aromatic carbocycles. The Morgan fingerprint density at radius 1 is 1.00 bits per heavy atom. The van der Waals surface area contributed by atoms with Crippen LogP contribution >= 0.6 is 0 Å². The molecular weight excluding hydrogens is 228 g/mol. The maximum atomic E-state index is 12.0. The van der Waals surface area contributed by atoms with Gasteiger partial charge in [0.1, 0.15) is 13.1 Å². The molecule has 2 amide bonds. The number of aryl methyl sites for hydroxylation is 1. The standard InChI is InChI=1S/C14H18N2O2/c1-3-11-5-7-12(8-6-11)16-10-13(17)15(4-2)9-14(16)18/h5-8H,3-4,9-10H2,1-2H3. The summed E-state index contributed by atoms with van der Waals surface area (Å²) >= 11 is 0. The van der Waals surface area contributed by atoms with Crippen LogP contribution < -0.4 is 4.90 Å². The highest BCUT2D eigenvalue weighted by atomic mass is 16.2. The van der Waals surface area contributed by atoms with Crippen molar-refractivity contribution in [3.8, 4) is 0 Å². The van der Waals surface area contributed by atoms with E-state index in [0.717, 1.165) is 12.1 Å². The fourth-order valence-corrected chi connectivity index (χ4v) is 2.10. The predicted octanol–water partition coefficient (Wildman–Crippen LogP) is 1.44. The van der Waals surface area contributed by atoms with Crippen molar-refractivity contribution in [2.45, 2.75) is 20.3 Å². The smallest absolute Gasteiger partial charge is 0.247 e. The molecule has 1 fully saturated rings. The Labute approximate surface area is 107 Å². The number of nitrogens with zero attached hydrogens (tertiary/aromatic N) is 2. The van der Waals surface area contributed by atoms with Crippen LogP contribution in [-0.2, 0) is 16.0 Å². The molecule has 1 aromatic rings. The van der Waals surface area contributed by atoms with Crippen molar-refractivity contribution in [3.63, 3.8) is 0 Å². The Bertz CT molecular complexity index is 453. The van der Waals surface area contributed by atoms with Gasteiger partial charge in [-0.05, 0) is 31.0 Å². The molecule has 18 heavy (non-hydrogen) atoms. The zero-order valence-corrected chi connectivity index (χ0v) is 10.8. The summed E-state index contributed by atoms with van der Waals surface area (Å²) in [5.74, 6) is -0.00244. The number of hydrogen-bond donors (Lipinski definition) is 0. The second-order valence-corrected chi connectivity index (χ2v) is 4.41. The van der Waals surface area contributed by atoms with Crippen LogP contribution in [0.3, 0.4) is 0 Å². The van der Waals surface area contributed by atoms with Gasteiger partial charge in [-0.25, -0.2) is 0 Å². The molecule has 4 nitrogen and oxygen atoms in total. The van der Waals surface area contributed by atoms with E-state index in [1.165, 1.54) is 5.56 Å². The Kier molecular flexibility index (Phi) is 3.65.